The van der Waals surface area contributed by atoms with E-state index >= 15 is 0 Å². The molecule has 0 aromatic heterocycles. The first-order chi connectivity index (χ1) is 6.70. The summed E-state index contributed by atoms with van der Waals surface area (Å²) in [6, 6.07) is 0.175. The Morgan fingerprint density at radius 3 is 2.86 bits per heavy atom. The van der Waals surface area contributed by atoms with Gasteiger partial charge < -0.3 is 10.6 Å². The smallest absolute Gasteiger partial charge is 0.239 e. The largest absolute Gasteiger partial charge is 0.338 e. The maximum Gasteiger partial charge on any atom is 0.239 e. The van der Waals surface area contributed by atoms with E-state index in [9.17, 15) is 4.79 Å². The van der Waals surface area contributed by atoms with Gasteiger partial charge in [0.1, 0.15) is 0 Å². The van der Waals surface area contributed by atoms with E-state index in [0.717, 1.165) is 38.6 Å². The Morgan fingerprint density at radius 2 is 2.29 bits per heavy atom. The van der Waals surface area contributed by atoms with Gasteiger partial charge in [0, 0.05) is 12.6 Å². The summed E-state index contributed by atoms with van der Waals surface area (Å²) >= 11 is 0. The Morgan fingerprint density at radius 1 is 1.57 bits per heavy atom. The van der Waals surface area contributed by atoms with Crippen LogP contribution in [0.4, 0.5) is 0 Å². The fraction of sp³-hybridized carbons (Fsp3) is 0.909. The third kappa shape index (κ3) is 2.47. The van der Waals surface area contributed by atoms with Gasteiger partial charge >= 0.3 is 0 Å². The van der Waals surface area contributed by atoms with Crippen molar-refractivity contribution in [2.24, 2.45) is 5.73 Å². The molecule has 3 heteroatoms. The highest BCUT2D eigenvalue weighted by Crippen LogP contribution is 2.18. The molecule has 14 heavy (non-hydrogen) atoms. The summed E-state index contributed by atoms with van der Waals surface area (Å²) in [4.78, 5) is 13.8. The Balaban J connectivity index is 2.59. The lowest BCUT2D eigenvalue weighted by atomic mass is 10.00. The van der Waals surface area contributed by atoms with Gasteiger partial charge in [-0.2, -0.15) is 0 Å². The monoisotopic (exact) mass is 198 g/mol. The lowest BCUT2D eigenvalue weighted by Gasteiger charge is -2.36. The van der Waals surface area contributed by atoms with Crippen LogP contribution in [0.2, 0.25) is 0 Å². The Kier molecular flexibility index (Phi) is 4.39. The molecule has 0 aromatic rings. The summed E-state index contributed by atoms with van der Waals surface area (Å²) in [5.41, 5.74) is 5.77. The minimum absolute atomic E-state index is 0.163. The molecule has 0 aliphatic carbocycles. The van der Waals surface area contributed by atoms with Crippen molar-refractivity contribution in [2.45, 2.75) is 58.0 Å². The van der Waals surface area contributed by atoms with Crippen LogP contribution in [0.15, 0.2) is 0 Å². The van der Waals surface area contributed by atoms with Gasteiger partial charge in [0.15, 0.2) is 0 Å². The number of piperidine rings is 1. The molecule has 2 atom stereocenters. The molecule has 1 fully saturated rings. The predicted octanol–water partition coefficient (Wildman–Crippen LogP) is 1.51. The molecule has 1 aliphatic rings. The van der Waals surface area contributed by atoms with Gasteiger partial charge in [-0.1, -0.05) is 20.3 Å². The first kappa shape index (κ1) is 11.5. The molecule has 2 unspecified atom stereocenters. The molecule has 0 bridgehead atoms. The van der Waals surface area contributed by atoms with Crippen LogP contribution in [0.25, 0.3) is 0 Å². The highest BCUT2D eigenvalue weighted by molar-refractivity contribution is 5.82. The van der Waals surface area contributed by atoms with Crippen LogP contribution in [0, 0.1) is 0 Å². The van der Waals surface area contributed by atoms with E-state index in [1.165, 1.54) is 0 Å². The van der Waals surface area contributed by atoms with Crippen molar-refractivity contribution in [3.8, 4) is 0 Å². The number of nitrogens with zero attached hydrogens (tertiary/aromatic N) is 1. The normalized spacial score (nSPS) is 25.2. The lowest BCUT2D eigenvalue weighted by Crippen LogP contribution is -2.52. The summed E-state index contributed by atoms with van der Waals surface area (Å²) in [5, 5.41) is 0. The van der Waals surface area contributed by atoms with E-state index in [0.29, 0.717) is 6.04 Å². The van der Waals surface area contributed by atoms with Crippen molar-refractivity contribution in [3.05, 3.63) is 0 Å². The number of hydrogen-bond donors (Lipinski definition) is 1. The molecule has 1 rings (SSSR count). The highest BCUT2D eigenvalue weighted by Gasteiger charge is 2.29. The summed E-state index contributed by atoms with van der Waals surface area (Å²) in [5.74, 6) is 0.163. The van der Waals surface area contributed by atoms with Crippen LogP contribution in [0.5, 0.6) is 0 Å². The average Bonchev–Trinajstić information content (AvgIpc) is 2.19. The third-order valence-electron chi connectivity index (χ3n) is 3.05. The van der Waals surface area contributed by atoms with Gasteiger partial charge in [0.2, 0.25) is 5.91 Å². The van der Waals surface area contributed by atoms with Crippen molar-refractivity contribution in [3.63, 3.8) is 0 Å². The van der Waals surface area contributed by atoms with Crippen molar-refractivity contribution in [1.29, 1.82) is 0 Å². The molecule has 2 N–H and O–H groups in total. The average molecular weight is 198 g/mol. The Labute approximate surface area is 86.6 Å². The van der Waals surface area contributed by atoms with Gasteiger partial charge in [0.25, 0.3) is 0 Å². The first-order valence-electron chi connectivity index (χ1n) is 5.76. The molecule has 1 saturated heterocycles. The zero-order chi connectivity index (χ0) is 10.6. The predicted molar refractivity (Wildman–Crippen MR) is 57.9 cm³/mol. The van der Waals surface area contributed by atoms with Gasteiger partial charge in [0.05, 0.1) is 6.04 Å². The van der Waals surface area contributed by atoms with Crippen molar-refractivity contribution < 1.29 is 4.79 Å². The van der Waals surface area contributed by atoms with E-state index in [2.05, 4.69) is 13.8 Å². The first-order valence-corrected chi connectivity index (χ1v) is 5.76. The van der Waals surface area contributed by atoms with Crippen LogP contribution < -0.4 is 5.73 Å². The quantitative estimate of drug-likeness (QED) is 0.744. The Bertz CT molecular complexity index is 194. The van der Waals surface area contributed by atoms with Crippen LogP contribution >= 0.6 is 0 Å². The zero-order valence-electron chi connectivity index (χ0n) is 9.33. The second-order valence-electron chi connectivity index (χ2n) is 4.13. The molecule has 1 aliphatic heterocycles. The SMILES string of the molecule is CCCC(CC)N1CCCC(N)C1=O. The van der Waals surface area contributed by atoms with E-state index in [1.54, 1.807) is 0 Å². The van der Waals surface area contributed by atoms with E-state index in [1.807, 2.05) is 4.90 Å². The molecule has 82 valence electrons. The van der Waals surface area contributed by atoms with E-state index < -0.39 is 0 Å². The number of amides is 1. The molecular formula is C11H22N2O. The molecule has 0 radical (unpaired) electrons. The third-order valence-corrected chi connectivity index (χ3v) is 3.05. The van der Waals surface area contributed by atoms with Crippen LogP contribution in [-0.4, -0.2) is 29.4 Å². The van der Waals surface area contributed by atoms with E-state index in [-0.39, 0.29) is 11.9 Å². The molecule has 1 amide bonds. The van der Waals surface area contributed by atoms with Gasteiger partial charge in [-0.05, 0) is 25.7 Å². The molecule has 1 heterocycles. The highest BCUT2D eigenvalue weighted by atomic mass is 16.2. The molecule has 0 aromatic carbocycles. The molecule has 0 spiro atoms. The zero-order valence-corrected chi connectivity index (χ0v) is 9.33. The van der Waals surface area contributed by atoms with Gasteiger partial charge in [-0.25, -0.2) is 0 Å². The maximum atomic E-state index is 11.8. The second-order valence-corrected chi connectivity index (χ2v) is 4.13. The van der Waals surface area contributed by atoms with E-state index in [4.69, 9.17) is 5.73 Å². The fourth-order valence-electron chi connectivity index (χ4n) is 2.20. The summed E-state index contributed by atoms with van der Waals surface area (Å²) in [7, 11) is 0. The van der Waals surface area contributed by atoms with Crippen LogP contribution in [0.1, 0.15) is 46.0 Å². The van der Waals surface area contributed by atoms with Gasteiger partial charge in [-0.3, -0.25) is 4.79 Å². The van der Waals surface area contributed by atoms with Crippen LogP contribution in [-0.2, 0) is 4.79 Å². The minimum Gasteiger partial charge on any atom is -0.338 e. The van der Waals surface area contributed by atoms with Crippen molar-refractivity contribution >= 4 is 5.91 Å². The lowest BCUT2D eigenvalue weighted by molar-refractivity contribution is -0.137. The topological polar surface area (TPSA) is 46.3 Å². The van der Waals surface area contributed by atoms with Crippen molar-refractivity contribution in [1.82, 2.24) is 4.90 Å². The summed E-state index contributed by atoms with van der Waals surface area (Å²) in [6.45, 7) is 5.22. The summed E-state index contributed by atoms with van der Waals surface area (Å²) < 4.78 is 0. The number of carbonyl (C=O) groups is 1. The molecular weight excluding hydrogens is 176 g/mol. The van der Waals surface area contributed by atoms with Gasteiger partial charge in [-0.15, -0.1) is 0 Å². The standard InChI is InChI=1S/C11H22N2O/c1-3-6-9(4-2)13-8-5-7-10(12)11(13)14/h9-10H,3-8,12H2,1-2H3. The summed E-state index contributed by atoms with van der Waals surface area (Å²) in [6.07, 6.45) is 5.21. The number of carbonyl (C=O) groups excluding carboxylic acids is 1. The Hall–Kier alpha value is -0.570. The molecule has 3 nitrogen and oxygen atoms in total. The number of rotatable bonds is 4. The fourth-order valence-corrected chi connectivity index (χ4v) is 2.20. The number of likely N-dealkylation sites (tertiary alicyclic amines) is 1. The maximum absolute atomic E-state index is 11.8. The molecule has 0 saturated carbocycles. The van der Waals surface area contributed by atoms with Crippen molar-refractivity contribution in [2.75, 3.05) is 6.54 Å². The number of nitrogens with two attached hydrogens (primary N) is 1. The number of hydrogen-bond acceptors (Lipinski definition) is 2. The van der Waals surface area contributed by atoms with Crippen LogP contribution in [0.3, 0.4) is 0 Å². The minimum atomic E-state index is -0.241. The second kappa shape index (κ2) is 5.35.